The normalized spacial score (nSPS) is 14.8. The summed E-state index contributed by atoms with van der Waals surface area (Å²) in [5.74, 6) is 0. The van der Waals surface area contributed by atoms with Crippen LogP contribution in [0.2, 0.25) is 0 Å². The van der Waals surface area contributed by atoms with Gasteiger partial charge in [0.15, 0.2) is 0 Å². The average molecular weight is 218 g/mol. The Morgan fingerprint density at radius 2 is 1.93 bits per heavy atom. The average Bonchev–Trinajstić information content (AvgIpc) is 2.01. The second-order valence-electron chi connectivity index (χ2n) is 4.20. The molecule has 0 heterocycles. The van der Waals surface area contributed by atoms with Crippen LogP contribution in [0, 0.1) is 11.3 Å². The van der Waals surface area contributed by atoms with Gasteiger partial charge in [0, 0.05) is 0 Å². The van der Waals surface area contributed by atoms with E-state index in [9.17, 15) is 8.42 Å². The first-order chi connectivity index (χ1) is 6.24. The lowest BCUT2D eigenvalue weighted by Gasteiger charge is -2.21. The molecule has 0 bridgehead atoms. The minimum atomic E-state index is -3.40. The van der Waals surface area contributed by atoms with Crippen LogP contribution in [0.3, 0.4) is 0 Å². The minimum Gasteiger partial charge on any atom is -0.212 e. The van der Waals surface area contributed by atoms with Gasteiger partial charge in [-0.05, 0) is 27.2 Å². The molecule has 0 aliphatic carbocycles. The number of sulfonamides is 1. The van der Waals surface area contributed by atoms with E-state index < -0.39 is 20.8 Å². The summed E-state index contributed by atoms with van der Waals surface area (Å²) in [5.41, 5.74) is 0. The van der Waals surface area contributed by atoms with Gasteiger partial charge in [-0.3, -0.25) is 0 Å². The molecule has 0 saturated carbocycles. The van der Waals surface area contributed by atoms with Crippen molar-refractivity contribution in [2.75, 3.05) is 0 Å². The summed E-state index contributed by atoms with van der Waals surface area (Å²) in [6, 6.07) is 1.33. The lowest BCUT2D eigenvalue weighted by molar-refractivity contribution is 0.530. The van der Waals surface area contributed by atoms with Crippen molar-refractivity contribution in [3.63, 3.8) is 0 Å². The first-order valence-corrected chi connectivity index (χ1v) is 6.14. The molecule has 0 aliphatic heterocycles. The van der Waals surface area contributed by atoms with Crippen molar-refractivity contribution < 1.29 is 8.42 Å². The molecule has 1 atom stereocenters. The number of nitrogens with one attached hydrogen (secondary N) is 1. The van der Waals surface area contributed by atoms with E-state index in [-0.39, 0.29) is 0 Å². The molecule has 0 fully saturated rings. The molecule has 0 spiro atoms. The standard InChI is InChI=1S/C9H18N2O2S/c1-5-6-8(7-10)11-14(12,13)9(2,3)4/h8,11H,5-6H2,1-4H3. The summed E-state index contributed by atoms with van der Waals surface area (Å²) >= 11 is 0. The maximum atomic E-state index is 11.6. The van der Waals surface area contributed by atoms with E-state index in [1.54, 1.807) is 20.8 Å². The third-order valence-electron chi connectivity index (χ3n) is 1.84. The fourth-order valence-electron chi connectivity index (χ4n) is 0.803. The van der Waals surface area contributed by atoms with Gasteiger partial charge in [0.1, 0.15) is 6.04 Å². The monoisotopic (exact) mass is 218 g/mol. The Balaban J connectivity index is 4.60. The summed E-state index contributed by atoms with van der Waals surface area (Å²) in [5, 5.41) is 8.71. The van der Waals surface area contributed by atoms with Crippen LogP contribution in [0.15, 0.2) is 0 Å². The van der Waals surface area contributed by atoms with Gasteiger partial charge in [-0.2, -0.15) is 9.98 Å². The number of hydrogen-bond donors (Lipinski definition) is 1. The van der Waals surface area contributed by atoms with Crippen LogP contribution >= 0.6 is 0 Å². The second-order valence-corrected chi connectivity index (χ2v) is 6.67. The van der Waals surface area contributed by atoms with Gasteiger partial charge in [0.2, 0.25) is 10.0 Å². The number of rotatable bonds is 4. The first-order valence-electron chi connectivity index (χ1n) is 4.66. The van der Waals surface area contributed by atoms with Gasteiger partial charge in [0.05, 0.1) is 10.8 Å². The highest BCUT2D eigenvalue weighted by Crippen LogP contribution is 2.14. The van der Waals surface area contributed by atoms with Crippen molar-refractivity contribution in [1.82, 2.24) is 4.72 Å². The highest BCUT2D eigenvalue weighted by atomic mass is 32.2. The Morgan fingerprint density at radius 3 is 2.21 bits per heavy atom. The van der Waals surface area contributed by atoms with E-state index in [4.69, 9.17) is 5.26 Å². The quantitative estimate of drug-likeness (QED) is 0.775. The topological polar surface area (TPSA) is 70.0 Å². The Morgan fingerprint density at radius 1 is 1.43 bits per heavy atom. The van der Waals surface area contributed by atoms with E-state index >= 15 is 0 Å². The van der Waals surface area contributed by atoms with Crippen LogP contribution in [0.1, 0.15) is 40.5 Å². The zero-order chi connectivity index (χ0) is 11.4. The van der Waals surface area contributed by atoms with Crippen LogP contribution in [-0.2, 0) is 10.0 Å². The Hall–Kier alpha value is -0.600. The number of nitrogens with zero attached hydrogens (tertiary/aromatic N) is 1. The molecule has 4 nitrogen and oxygen atoms in total. The smallest absolute Gasteiger partial charge is 0.212 e. The summed E-state index contributed by atoms with van der Waals surface area (Å²) in [6.45, 7) is 6.73. The SMILES string of the molecule is CCCC(C#N)NS(=O)(=O)C(C)(C)C. The van der Waals surface area contributed by atoms with Crippen molar-refractivity contribution >= 4 is 10.0 Å². The van der Waals surface area contributed by atoms with Gasteiger partial charge in [0.25, 0.3) is 0 Å². The fraction of sp³-hybridized carbons (Fsp3) is 0.889. The van der Waals surface area contributed by atoms with Crippen molar-refractivity contribution in [2.24, 2.45) is 0 Å². The highest BCUT2D eigenvalue weighted by Gasteiger charge is 2.30. The Kier molecular flexibility index (Phi) is 4.56. The molecule has 1 unspecified atom stereocenters. The molecule has 0 saturated heterocycles. The molecule has 0 aromatic carbocycles. The van der Waals surface area contributed by atoms with Gasteiger partial charge >= 0.3 is 0 Å². The molecule has 0 aliphatic rings. The van der Waals surface area contributed by atoms with Crippen LogP contribution in [0.25, 0.3) is 0 Å². The van der Waals surface area contributed by atoms with Crippen LogP contribution in [0.5, 0.6) is 0 Å². The van der Waals surface area contributed by atoms with Crippen molar-refractivity contribution in [1.29, 1.82) is 5.26 Å². The first kappa shape index (κ1) is 13.4. The van der Waals surface area contributed by atoms with Crippen molar-refractivity contribution in [2.45, 2.75) is 51.3 Å². The third kappa shape index (κ3) is 3.64. The summed E-state index contributed by atoms with van der Waals surface area (Å²) < 4.78 is 24.8. The van der Waals surface area contributed by atoms with Crippen LogP contribution in [0.4, 0.5) is 0 Å². The second kappa shape index (κ2) is 4.76. The van der Waals surface area contributed by atoms with Crippen molar-refractivity contribution in [3.8, 4) is 6.07 Å². The molecule has 1 N–H and O–H groups in total. The van der Waals surface area contributed by atoms with E-state index in [1.165, 1.54) is 0 Å². The van der Waals surface area contributed by atoms with E-state index in [1.807, 2.05) is 13.0 Å². The molecule has 14 heavy (non-hydrogen) atoms. The number of hydrogen-bond acceptors (Lipinski definition) is 3. The van der Waals surface area contributed by atoms with Gasteiger partial charge < -0.3 is 0 Å². The summed E-state index contributed by atoms with van der Waals surface area (Å²) in [4.78, 5) is 0. The maximum Gasteiger partial charge on any atom is 0.217 e. The lowest BCUT2D eigenvalue weighted by atomic mass is 10.2. The Bertz CT molecular complexity index is 309. The maximum absolute atomic E-state index is 11.6. The molecular weight excluding hydrogens is 200 g/mol. The number of nitriles is 1. The van der Waals surface area contributed by atoms with Gasteiger partial charge in [-0.25, -0.2) is 8.42 Å². The van der Waals surface area contributed by atoms with Gasteiger partial charge in [-0.1, -0.05) is 13.3 Å². The highest BCUT2D eigenvalue weighted by molar-refractivity contribution is 7.90. The van der Waals surface area contributed by atoms with Crippen LogP contribution in [-0.4, -0.2) is 19.2 Å². The van der Waals surface area contributed by atoms with Crippen LogP contribution < -0.4 is 4.72 Å². The summed E-state index contributed by atoms with van der Waals surface area (Å²) in [7, 11) is -3.40. The predicted octanol–water partition coefficient (Wildman–Crippen LogP) is 1.40. The lowest BCUT2D eigenvalue weighted by Crippen LogP contribution is -2.44. The largest absolute Gasteiger partial charge is 0.217 e. The fourth-order valence-corrected chi connectivity index (χ4v) is 1.70. The van der Waals surface area contributed by atoms with E-state index in [2.05, 4.69) is 4.72 Å². The third-order valence-corrected chi connectivity index (χ3v) is 4.04. The molecule has 5 heteroatoms. The minimum absolute atomic E-state index is 0.547. The molecule has 0 aromatic rings. The van der Waals surface area contributed by atoms with E-state index in [0.29, 0.717) is 6.42 Å². The molecule has 82 valence electrons. The van der Waals surface area contributed by atoms with E-state index in [0.717, 1.165) is 6.42 Å². The molecule has 0 radical (unpaired) electrons. The van der Waals surface area contributed by atoms with Crippen molar-refractivity contribution in [3.05, 3.63) is 0 Å². The molecule has 0 amide bonds. The van der Waals surface area contributed by atoms with Gasteiger partial charge in [-0.15, -0.1) is 0 Å². The molecular formula is C9H18N2O2S. The summed E-state index contributed by atoms with van der Waals surface area (Å²) in [6.07, 6.45) is 1.33. The zero-order valence-corrected chi connectivity index (χ0v) is 9.98. The Labute approximate surface area is 86.4 Å². The molecule has 0 aromatic heterocycles. The zero-order valence-electron chi connectivity index (χ0n) is 9.16. The molecule has 0 rings (SSSR count). The predicted molar refractivity (Wildman–Crippen MR) is 56.1 cm³/mol.